The number of nitrogens with zero attached hydrogens (tertiary/aromatic N) is 2. The molecule has 0 saturated carbocycles. The molecule has 0 radical (unpaired) electrons. The number of halogens is 1. The third kappa shape index (κ3) is 9.68. The number of hydrogen-bond donors (Lipinski definition) is 1. The highest BCUT2D eigenvalue weighted by atomic mass is 79.9. The van der Waals surface area contributed by atoms with Crippen molar-refractivity contribution in [3.8, 4) is 5.75 Å². The Labute approximate surface area is 286 Å². The van der Waals surface area contributed by atoms with Gasteiger partial charge in [-0.3, -0.25) is 13.9 Å². The Bertz CT molecular complexity index is 1760. The summed E-state index contributed by atoms with van der Waals surface area (Å²) in [5.41, 5.74) is 2.40. The summed E-state index contributed by atoms with van der Waals surface area (Å²) in [6, 6.07) is 29.1. The van der Waals surface area contributed by atoms with E-state index in [2.05, 4.69) is 21.2 Å². The van der Waals surface area contributed by atoms with Crippen LogP contribution in [0.4, 0.5) is 5.69 Å². The SMILES string of the molecule is CCOc1ccc(N(CC(=O)N(Cc2ccccc2C)C(Cc2ccccc2)C(=O)NC(C)(C)C)S(=O)(=O)c2ccc(Br)cc2)cc1. The van der Waals surface area contributed by atoms with Crippen LogP contribution >= 0.6 is 15.9 Å². The van der Waals surface area contributed by atoms with Crippen molar-refractivity contribution in [2.24, 2.45) is 0 Å². The number of carbonyl (C=O) groups is 2. The van der Waals surface area contributed by atoms with Crippen LogP contribution in [0.2, 0.25) is 0 Å². The minimum absolute atomic E-state index is 0.0270. The van der Waals surface area contributed by atoms with Gasteiger partial charge in [0.05, 0.1) is 17.2 Å². The molecule has 0 aliphatic rings. The fraction of sp³-hybridized carbons (Fsp3) is 0.297. The zero-order valence-corrected chi connectivity index (χ0v) is 29.8. The van der Waals surface area contributed by atoms with Crippen LogP contribution in [0.25, 0.3) is 0 Å². The Morgan fingerprint density at radius 3 is 2.09 bits per heavy atom. The smallest absolute Gasteiger partial charge is 0.264 e. The zero-order valence-electron chi connectivity index (χ0n) is 27.4. The molecule has 0 aliphatic heterocycles. The number of aryl methyl sites for hydroxylation is 1. The monoisotopic (exact) mass is 719 g/mol. The van der Waals surface area contributed by atoms with Gasteiger partial charge < -0.3 is 15.0 Å². The van der Waals surface area contributed by atoms with Gasteiger partial charge in [0.25, 0.3) is 10.0 Å². The molecule has 0 saturated heterocycles. The standard InChI is InChI=1S/C37H42BrN3O5S/c1-6-46-32-20-18-31(19-21-32)41(47(44,45)33-22-16-30(38)17-23-33)26-35(42)40(25-29-15-11-10-12-27(29)2)34(36(43)39-37(3,4)5)24-28-13-8-7-9-14-28/h7-23,34H,6,24-26H2,1-5H3,(H,39,43). The molecule has 0 fully saturated rings. The van der Waals surface area contributed by atoms with Gasteiger partial charge in [-0.1, -0.05) is 70.5 Å². The van der Waals surface area contributed by atoms with Crippen molar-refractivity contribution in [1.29, 1.82) is 0 Å². The molecule has 8 nitrogen and oxygen atoms in total. The first kappa shape index (κ1) is 35.7. The van der Waals surface area contributed by atoms with Crippen molar-refractivity contribution in [2.45, 2.75) is 64.1 Å². The predicted octanol–water partition coefficient (Wildman–Crippen LogP) is 6.91. The number of sulfonamides is 1. The minimum atomic E-state index is -4.22. The van der Waals surface area contributed by atoms with Gasteiger partial charge in [0, 0.05) is 23.0 Å². The van der Waals surface area contributed by atoms with Crippen LogP contribution < -0.4 is 14.4 Å². The van der Waals surface area contributed by atoms with Crippen LogP contribution in [0.3, 0.4) is 0 Å². The number of anilines is 1. The number of carbonyl (C=O) groups excluding carboxylic acids is 2. The number of ether oxygens (including phenoxy) is 1. The molecule has 4 aromatic rings. The van der Waals surface area contributed by atoms with E-state index in [9.17, 15) is 18.0 Å². The van der Waals surface area contributed by atoms with E-state index in [1.165, 1.54) is 17.0 Å². The lowest BCUT2D eigenvalue weighted by Crippen LogP contribution is -2.56. The molecule has 10 heteroatoms. The number of hydrogen-bond acceptors (Lipinski definition) is 5. The van der Waals surface area contributed by atoms with Crippen LogP contribution in [0.5, 0.6) is 5.75 Å². The van der Waals surface area contributed by atoms with E-state index >= 15 is 0 Å². The van der Waals surface area contributed by atoms with E-state index in [0.29, 0.717) is 18.0 Å². The van der Waals surface area contributed by atoms with E-state index < -0.39 is 34.1 Å². The molecular formula is C37H42BrN3O5S. The molecular weight excluding hydrogens is 678 g/mol. The van der Waals surface area contributed by atoms with E-state index in [-0.39, 0.29) is 23.8 Å². The number of nitrogens with one attached hydrogen (secondary N) is 1. The number of benzene rings is 4. The molecule has 1 unspecified atom stereocenters. The molecule has 2 amide bonds. The summed E-state index contributed by atoms with van der Waals surface area (Å²) in [6.45, 7) is 9.49. The maximum absolute atomic E-state index is 14.7. The van der Waals surface area contributed by atoms with Gasteiger partial charge in [0.15, 0.2) is 0 Å². The van der Waals surface area contributed by atoms with Gasteiger partial charge in [-0.05, 0) is 99.8 Å². The maximum atomic E-state index is 14.7. The summed E-state index contributed by atoms with van der Waals surface area (Å²) in [5, 5.41) is 3.06. The Hall–Kier alpha value is -4.15. The Balaban J connectivity index is 1.82. The van der Waals surface area contributed by atoms with E-state index in [0.717, 1.165) is 25.5 Å². The summed E-state index contributed by atoms with van der Waals surface area (Å²) in [6.07, 6.45) is 0.239. The lowest BCUT2D eigenvalue weighted by Gasteiger charge is -2.35. The van der Waals surface area contributed by atoms with Crippen molar-refractivity contribution >= 4 is 43.5 Å². The summed E-state index contributed by atoms with van der Waals surface area (Å²) >= 11 is 3.37. The second kappa shape index (κ2) is 15.6. The second-order valence-electron chi connectivity index (χ2n) is 12.3. The van der Waals surface area contributed by atoms with Gasteiger partial charge in [-0.15, -0.1) is 0 Å². The van der Waals surface area contributed by atoms with E-state index in [4.69, 9.17) is 4.74 Å². The first-order valence-corrected chi connectivity index (χ1v) is 17.7. The topological polar surface area (TPSA) is 96.0 Å². The first-order valence-electron chi connectivity index (χ1n) is 15.5. The highest BCUT2D eigenvalue weighted by Crippen LogP contribution is 2.28. The first-order chi connectivity index (χ1) is 22.3. The van der Waals surface area contributed by atoms with Crippen LogP contribution in [-0.2, 0) is 32.6 Å². The predicted molar refractivity (Wildman–Crippen MR) is 190 cm³/mol. The largest absolute Gasteiger partial charge is 0.494 e. The lowest BCUT2D eigenvalue weighted by atomic mass is 10.00. The highest BCUT2D eigenvalue weighted by Gasteiger charge is 2.35. The van der Waals surface area contributed by atoms with Gasteiger partial charge in [0.2, 0.25) is 11.8 Å². The normalized spacial score (nSPS) is 12.2. The quantitative estimate of drug-likeness (QED) is 0.162. The van der Waals surface area contributed by atoms with Crippen LogP contribution in [0.1, 0.15) is 44.4 Å². The van der Waals surface area contributed by atoms with E-state index in [1.807, 2.05) is 89.2 Å². The molecule has 248 valence electrons. The zero-order chi connectivity index (χ0) is 34.2. The summed E-state index contributed by atoms with van der Waals surface area (Å²) < 4.78 is 35.9. The van der Waals surface area contributed by atoms with Gasteiger partial charge in [-0.2, -0.15) is 0 Å². The summed E-state index contributed by atoms with van der Waals surface area (Å²) in [7, 11) is -4.22. The molecule has 0 heterocycles. The maximum Gasteiger partial charge on any atom is 0.264 e. The fourth-order valence-corrected chi connectivity index (χ4v) is 6.79. The van der Waals surface area contributed by atoms with Crippen LogP contribution in [0.15, 0.2) is 112 Å². The fourth-order valence-electron chi connectivity index (χ4n) is 5.12. The molecule has 4 aromatic carbocycles. The van der Waals surface area contributed by atoms with Crippen molar-refractivity contribution in [2.75, 3.05) is 17.5 Å². The van der Waals surface area contributed by atoms with Gasteiger partial charge in [-0.25, -0.2) is 8.42 Å². The van der Waals surface area contributed by atoms with Crippen LogP contribution in [-0.4, -0.2) is 49.9 Å². The molecule has 0 aliphatic carbocycles. The second-order valence-corrected chi connectivity index (χ2v) is 15.1. The summed E-state index contributed by atoms with van der Waals surface area (Å²) in [5.74, 6) is -0.272. The molecule has 4 rings (SSSR count). The Morgan fingerprint density at radius 1 is 0.872 bits per heavy atom. The molecule has 0 aromatic heterocycles. The minimum Gasteiger partial charge on any atom is -0.494 e. The highest BCUT2D eigenvalue weighted by molar-refractivity contribution is 9.10. The molecule has 0 spiro atoms. The molecule has 1 N–H and O–H groups in total. The van der Waals surface area contributed by atoms with Gasteiger partial charge >= 0.3 is 0 Å². The van der Waals surface area contributed by atoms with Crippen molar-refractivity contribution in [3.63, 3.8) is 0 Å². The summed E-state index contributed by atoms with van der Waals surface area (Å²) in [4.78, 5) is 30.2. The number of amides is 2. The van der Waals surface area contributed by atoms with E-state index in [1.54, 1.807) is 36.4 Å². The lowest BCUT2D eigenvalue weighted by molar-refractivity contribution is -0.140. The molecule has 47 heavy (non-hydrogen) atoms. The Kier molecular flexibility index (Phi) is 11.9. The molecule has 1 atom stereocenters. The van der Waals surface area contributed by atoms with Crippen LogP contribution in [0, 0.1) is 6.92 Å². The third-order valence-corrected chi connectivity index (χ3v) is 9.80. The average molecular weight is 721 g/mol. The van der Waals surface area contributed by atoms with Crippen molar-refractivity contribution in [3.05, 3.63) is 124 Å². The van der Waals surface area contributed by atoms with Crippen molar-refractivity contribution in [1.82, 2.24) is 10.2 Å². The van der Waals surface area contributed by atoms with Gasteiger partial charge in [0.1, 0.15) is 18.3 Å². The Morgan fingerprint density at radius 2 is 1.49 bits per heavy atom. The number of rotatable bonds is 13. The average Bonchev–Trinajstić information content (AvgIpc) is 3.02. The van der Waals surface area contributed by atoms with Crippen molar-refractivity contribution < 1.29 is 22.7 Å². The molecule has 0 bridgehead atoms. The third-order valence-electron chi connectivity index (χ3n) is 7.49.